The van der Waals surface area contributed by atoms with Crippen LogP contribution in [0.25, 0.3) is 27.8 Å². The zero-order valence-electron chi connectivity index (χ0n) is 14.9. The molecule has 0 saturated heterocycles. The van der Waals surface area contributed by atoms with Crippen LogP contribution in [0.4, 0.5) is 0 Å². The number of para-hydroxylation sites is 1. The average molecular weight is 361 g/mol. The monoisotopic (exact) mass is 361 g/mol. The highest BCUT2D eigenvalue weighted by molar-refractivity contribution is 5.94. The largest absolute Gasteiger partial charge is 0.491 e. The molecule has 0 atom stereocenters. The maximum absolute atomic E-state index is 12.5. The number of nitrogens with zero attached hydrogens (tertiary/aromatic N) is 2. The van der Waals surface area contributed by atoms with E-state index in [1.807, 2.05) is 65.4 Å². The number of benzene rings is 2. The van der Waals surface area contributed by atoms with Gasteiger partial charge in [0.1, 0.15) is 12.4 Å². The van der Waals surface area contributed by atoms with E-state index in [4.69, 9.17) is 9.47 Å². The summed E-state index contributed by atoms with van der Waals surface area (Å²) in [6, 6.07) is 17.5. The van der Waals surface area contributed by atoms with Crippen LogP contribution < -0.4 is 10.3 Å². The molecule has 0 aliphatic heterocycles. The van der Waals surface area contributed by atoms with Crippen LogP contribution in [0, 0.1) is 0 Å². The fourth-order valence-electron chi connectivity index (χ4n) is 3.05. The Morgan fingerprint density at radius 2 is 1.81 bits per heavy atom. The van der Waals surface area contributed by atoms with Gasteiger partial charge in [0.15, 0.2) is 5.65 Å². The third-order valence-corrected chi connectivity index (χ3v) is 4.34. The Morgan fingerprint density at radius 3 is 2.56 bits per heavy atom. The van der Waals surface area contributed by atoms with Crippen LogP contribution in [0.2, 0.25) is 0 Å². The maximum Gasteiger partial charge on any atom is 0.260 e. The van der Waals surface area contributed by atoms with Crippen molar-refractivity contribution in [1.29, 1.82) is 0 Å². The summed E-state index contributed by atoms with van der Waals surface area (Å²) in [7, 11) is 1.64. The molecule has 136 valence electrons. The minimum Gasteiger partial charge on any atom is -0.491 e. The fraction of sp³-hybridized carbons (Fsp3) is 0.143. The van der Waals surface area contributed by atoms with Crippen molar-refractivity contribution in [2.24, 2.45) is 0 Å². The van der Waals surface area contributed by atoms with Gasteiger partial charge in [-0.15, -0.1) is 0 Å². The molecule has 0 saturated carbocycles. The average Bonchev–Trinajstić information content (AvgIpc) is 3.10. The Bertz CT molecular complexity index is 1100. The Labute approximate surface area is 156 Å². The number of hydrogen-bond acceptors (Lipinski definition) is 4. The molecular weight excluding hydrogens is 342 g/mol. The Balaban J connectivity index is 1.79. The first-order chi connectivity index (χ1) is 13.3. The van der Waals surface area contributed by atoms with Crippen molar-refractivity contribution in [3.8, 4) is 22.6 Å². The van der Waals surface area contributed by atoms with Gasteiger partial charge in [-0.05, 0) is 29.8 Å². The van der Waals surface area contributed by atoms with Crippen LogP contribution in [-0.4, -0.2) is 34.9 Å². The highest BCUT2D eigenvalue weighted by Gasteiger charge is 2.15. The molecule has 2 aromatic heterocycles. The lowest BCUT2D eigenvalue weighted by Gasteiger charge is -2.06. The van der Waals surface area contributed by atoms with Gasteiger partial charge in [0.25, 0.3) is 5.56 Å². The number of H-pyrrole nitrogens is 1. The Hall–Kier alpha value is -3.38. The first-order valence-corrected chi connectivity index (χ1v) is 8.64. The van der Waals surface area contributed by atoms with Gasteiger partial charge in [-0.2, -0.15) is 0 Å². The molecule has 0 aliphatic carbocycles. The minimum absolute atomic E-state index is 0.162. The minimum atomic E-state index is -0.162. The third-order valence-electron chi connectivity index (χ3n) is 4.34. The van der Waals surface area contributed by atoms with Crippen molar-refractivity contribution in [1.82, 2.24) is 14.5 Å². The standard InChI is InChI=1S/C21H19N3O3/c1-26-11-12-27-17-9-7-15(8-10-17)18-13-24(16-5-3-2-4-6-16)20-19(18)21(25)23-14-22-20/h2-10,13-14H,11-12H2,1H3,(H,22,23,25). The zero-order chi connectivity index (χ0) is 18.6. The van der Waals surface area contributed by atoms with E-state index in [-0.39, 0.29) is 5.56 Å². The van der Waals surface area contributed by atoms with Crippen LogP contribution in [0.1, 0.15) is 0 Å². The maximum atomic E-state index is 12.5. The number of rotatable bonds is 6. The summed E-state index contributed by atoms with van der Waals surface area (Å²) in [5.74, 6) is 0.759. The van der Waals surface area contributed by atoms with Gasteiger partial charge in [0.05, 0.1) is 18.3 Å². The lowest BCUT2D eigenvalue weighted by atomic mass is 10.1. The Kier molecular flexibility index (Phi) is 4.72. The third kappa shape index (κ3) is 3.35. The van der Waals surface area contributed by atoms with Gasteiger partial charge in [0, 0.05) is 24.6 Å². The van der Waals surface area contributed by atoms with E-state index in [0.717, 1.165) is 22.6 Å². The highest BCUT2D eigenvalue weighted by Crippen LogP contribution is 2.30. The molecule has 0 bridgehead atoms. The summed E-state index contributed by atoms with van der Waals surface area (Å²) < 4.78 is 12.5. The molecule has 0 radical (unpaired) electrons. The molecule has 0 spiro atoms. The highest BCUT2D eigenvalue weighted by atomic mass is 16.5. The van der Waals surface area contributed by atoms with Crippen molar-refractivity contribution in [2.45, 2.75) is 0 Å². The predicted molar refractivity (Wildman–Crippen MR) is 104 cm³/mol. The summed E-state index contributed by atoms with van der Waals surface area (Å²) in [5.41, 5.74) is 3.16. The number of methoxy groups -OCH3 is 1. The molecule has 4 aromatic rings. The van der Waals surface area contributed by atoms with Gasteiger partial charge in [0.2, 0.25) is 0 Å². The molecule has 0 amide bonds. The van der Waals surface area contributed by atoms with E-state index in [9.17, 15) is 4.79 Å². The zero-order valence-corrected chi connectivity index (χ0v) is 14.9. The summed E-state index contributed by atoms with van der Waals surface area (Å²) in [6.07, 6.45) is 3.38. The van der Waals surface area contributed by atoms with Crippen LogP contribution in [0.5, 0.6) is 5.75 Å². The number of hydrogen-bond donors (Lipinski definition) is 1. The molecule has 0 fully saturated rings. The van der Waals surface area contributed by atoms with Crippen molar-refractivity contribution in [3.63, 3.8) is 0 Å². The molecule has 1 N–H and O–H groups in total. The fourth-order valence-corrected chi connectivity index (χ4v) is 3.05. The van der Waals surface area contributed by atoms with Gasteiger partial charge >= 0.3 is 0 Å². The molecule has 4 rings (SSSR count). The molecule has 2 heterocycles. The lowest BCUT2D eigenvalue weighted by Crippen LogP contribution is -2.07. The molecule has 2 aromatic carbocycles. The predicted octanol–water partition coefficient (Wildman–Crippen LogP) is 3.41. The summed E-state index contributed by atoms with van der Waals surface area (Å²) in [6.45, 7) is 1.03. The van der Waals surface area contributed by atoms with E-state index in [1.165, 1.54) is 6.33 Å². The first kappa shape index (κ1) is 17.1. The van der Waals surface area contributed by atoms with Crippen LogP contribution in [0.15, 0.2) is 71.9 Å². The lowest BCUT2D eigenvalue weighted by molar-refractivity contribution is 0.146. The first-order valence-electron chi connectivity index (χ1n) is 8.64. The quantitative estimate of drug-likeness (QED) is 0.535. The topological polar surface area (TPSA) is 69.1 Å². The van der Waals surface area contributed by atoms with E-state index in [2.05, 4.69) is 9.97 Å². The second-order valence-corrected chi connectivity index (χ2v) is 6.04. The SMILES string of the molecule is COCCOc1ccc(-c2cn(-c3ccccc3)c3nc[nH]c(=O)c23)cc1. The Morgan fingerprint density at radius 1 is 1.04 bits per heavy atom. The summed E-state index contributed by atoms with van der Waals surface area (Å²) in [5, 5.41) is 0.564. The number of aromatic amines is 1. The second kappa shape index (κ2) is 7.47. The second-order valence-electron chi connectivity index (χ2n) is 6.04. The normalized spacial score (nSPS) is 11.0. The molecule has 0 aliphatic rings. The van der Waals surface area contributed by atoms with E-state index in [1.54, 1.807) is 7.11 Å². The number of nitrogens with one attached hydrogen (secondary N) is 1. The van der Waals surface area contributed by atoms with Crippen molar-refractivity contribution >= 4 is 11.0 Å². The van der Waals surface area contributed by atoms with Crippen LogP contribution in [-0.2, 0) is 4.74 Å². The molecule has 27 heavy (non-hydrogen) atoms. The number of fused-ring (bicyclic) bond motifs is 1. The van der Waals surface area contributed by atoms with Crippen LogP contribution in [0.3, 0.4) is 0 Å². The van der Waals surface area contributed by atoms with E-state index < -0.39 is 0 Å². The van der Waals surface area contributed by atoms with E-state index >= 15 is 0 Å². The van der Waals surface area contributed by atoms with Gasteiger partial charge in [-0.1, -0.05) is 30.3 Å². The van der Waals surface area contributed by atoms with Gasteiger partial charge < -0.3 is 19.0 Å². The summed E-state index contributed by atoms with van der Waals surface area (Å²) >= 11 is 0. The smallest absolute Gasteiger partial charge is 0.260 e. The van der Waals surface area contributed by atoms with Crippen molar-refractivity contribution < 1.29 is 9.47 Å². The molecule has 6 nitrogen and oxygen atoms in total. The van der Waals surface area contributed by atoms with Crippen molar-refractivity contribution in [3.05, 3.63) is 77.5 Å². The molecular formula is C21H19N3O3. The summed E-state index contributed by atoms with van der Waals surface area (Å²) in [4.78, 5) is 19.6. The molecule has 6 heteroatoms. The van der Waals surface area contributed by atoms with Crippen LogP contribution >= 0.6 is 0 Å². The number of aromatic nitrogens is 3. The number of ether oxygens (including phenoxy) is 2. The van der Waals surface area contributed by atoms with Gasteiger partial charge in [-0.25, -0.2) is 4.98 Å². The molecule has 0 unspecified atom stereocenters. The van der Waals surface area contributed by atoms with Crippen molar-refractivity contribution in [2.75, 3.05) is 20.3 Å². The van der Waals surface area contributed by atoms with E-state index in [0.29, 0.717) is 24.2 Å². The van der Waals surface area contributed by atoms with Gasteiger partial charge in [-0.3, -0.25) is 4.79 Å².